The summed E-state index contributed by atoms with van der Waals surface area (Å²) < 4.78 is 31.0. The topological polar surface area (TPSA) is 91.7 Å². The maximum Gasteiger partial charge on any atom is 0.320 e. The predicted molar refractivity (Wildman–Crippen MR) is 110 cm³/mol. The second-order valence-corrected chi connectivity index (χ2v) is 13.4. The van der Waals surface area contributed by atoms with Gasteiger partial charge in [-0.25, -0.2) is 0 Å². The van der Waals surface area contributed by atoms with Gasteiger partial charge in [-0.1, -0.05) is 18.6 Å². The van der Waals surface area contributed by atoms with E-state index in [9.17, 15) is 18.3 Å². The molecule has 0 radical (unpaired) electrons. The summed E-state index contributed by atoms with van der Waals surface area (Å²) in [4.78, 5) is 12.8. The number of allylic oxidation sites excluding steroid dienone is 1. The molecule has 0 aliphatic heterocycles. The lowest BCUT2D eigenvalue weighted by molar-refractivity contribution is -0.126. The van der Waals surface area contributed by atoms with E-state index in [1.807, 2.05) is 6.92 Å². The summed E-state index contributed by atoms with van der Waals surface area (Å²) in [7, 11) is -3.82. The molecule has 4 aliphatic rings. The van der Waals surface area contributed by atoms with Crippen molar-refractivity contribution in [2.24, 2.45) is 35.0 Å². The molecular weight excluding hydrogens is 396 g/mol. The molecule has 7 heteroatoms. The molecule has 0 aromatic heterocycles. The second kappa shape index (κ2) is 7.10. The van der Waals surface area contributed by atoms with Gasteiger partial charge in [-0.2, -0.15) is 8.42 Å². The molecule has 0 unspecified atom stereocenters. The fraction of sp³-hybridized carbons (Fsp3) is 0.857. The molecule has 0 aromatic carbocycles. The average Bonchev–Trinajstić information content (AvgIpc) is 2.95. The van der Waals surface area contributed by atoms with Crippen LogP contribution in [0.5, 0.6) is 0 Å². The van der Waals surface area contributed by atoms with Crippen molar-refractivity contribution < 1.29 is 22.9 Å². The minimum absolute atomic E-state index is 0.0215. The van der Waals surface area contributed by atoms with Crippen molar-refractivity contribution in [3.63, 3.8) is 0 Å². The van der Waals surface area contributed by atoms with E-state index >= 15 is 0 Å². The Balaban J connectivity index is 1.51. The first-order chi connectivity index (χ1) is 13.0. The monoisotopic (exact) mass is 428 g/mol. The van der Waals surface area contributed by atoms with Gasteiger partial charge >= 0.3 is 9.15 Å². The number of ketones is 1. The predicted octanol–water partition coefficient (Wildman–Crippen LogP) is 4.03. The molecule has 0 bridgehead atoms. The highest BCUT2D eigenvalue weighted by Gasteiger charge is 2.57. The van der Waals surface area contributed by atoms with E-state index in [1.54, 1.807) is 0 Å². The van der Waals surface area contributed by atoms with E-state index in [0.717, 1.165) is 51.4 Å². The molecule has 0 aromatic rings. The summed E-state index contributed by atoms with van der Waals surface area (Å²) in [6.45, 7) is 4.19. The lowest BCUT2D eigenvalue weighted by Gasteiger charge is -2.54. The molecule has 3 fully saturated rings. The first-order valence-electron chi connectivity index (χ1n) is 10.6. The highest BCUT2D eigenvalue weighted by Crippen LogP contribution is 2.63. The number of carbonyl (C=O) groups excluding carboxylic acids is 1. The first kappa shape index (κ1) is 20.9. The quantitative estimate of drug-likeness (QED) is 0.399. The largest absolute Gasteiger partial charge is 0.390 e. The number of aliphatic hydroxyl groups is 1. The van der Waals surface area contributed by atoms with Crippen LogP contribution in [0, 0.1) is 35.0 Å². The van der Waals surface area contributed by atoms with Crippen LogP contribution in [0.3, 0.4) is 0 Å². The van der Waals surface area contributed by atoms with E-state index in [4.69, 9.17) is 4.55 Å². The number of Topliss-reactive ketones (excluding diaryl/α,β-unsaturated/α-hetero) is 1. The molecule has 4 aliphatic carbocycles. The Morgan fingerprint density at radius 1 is 1.18 bits per heavy atom. The normalized spacial score (nSPS) is 45.6. The third-order valence-electron chi connectivity index (χ3n) is 8.46. The molecule has 3 saturated carbocycles. The molecular formula is C21H32O5S2. The van der Waals surface area contributed by atoms with Crippen molar-refractivity contribution in [2.45, 2.75) is 70.8 Å². The van der Waals surface area contributed by atoms with Crippen LogP contribution in [0.2, 0.25) is 0 Å². The van der Waals surface area contributed by atoms with Gasteiger partial charge in [0.25, 0.3) is 0 Å². The van der Waals surface area contributed by atoms with Crippen LogP contribution >= 0.6 is 10.8 Å². The Bertz CT molecular complexity index is 787. The third kappa shape index (κ3) is 3.72. The third-order valence-corrected chi connectivity index (χ3v) is 10.4. The van der Waals surface area contributed by atoms with Crippen LogP contribution in [-0.4, -0.2) is 35.2 Å². The molecule has 0 spiro atoms. The number of fused-ring (bicyclic) bond motifs is 5. The summed E-state index contributed by atoms with van der Waals surface area (Å²) in [5, 5.41) is 10.5. The molecule has 158 valence electrons. The van der Waals surface area contributed by atoms with Gasteiger partial charge in [0.15, 0.2) is 0 Å². The Morgan fingerprint density at radius 3 is 2.64 bits per heavy atom. The summed E-state index contributed by atoms with van der Waals surface area (Å²) in [5.41, 5.74) is 0.841. The van der Waals surface area contributed by atoms with Crippen molar-refractivity contribution in [1.82, 2.24) is 0 Å². The van der Waals surface area contributed by atoms with Gasteiger partial charge in [0, 0.05) is 16.7 Å². The standard InChI is InChI=1S/C21H32O5S2/c1-20(23)9-7-14-13(11-20)3-4-16-15(14)8-10-21(2)17(16)5-6-18(21)19(22)12-27-28(24,25)26/h3,14-18,23H,4-12H2,1-2H3,(H,24,25,26)/t14-,15+,16+,17-,18+,20+,21-/m0/s1. The van der Waals surface area contributed by atoms with E-state index in [-0.39, 0.29) is 22.9 Å². The van der Waals surface area contributed by atoms with Crippen molar-refractivity contribution in [2.75, 3.05) is 5.75 Å². The Hall–Kier alpha value is -0.370. The van der Waals surface area contributed by atoms with Crippen LogP contribution in [0.25, 0.3) is 0 Å². The van der Waals surface area contributed by atoms with Crippen LogP contribution in [0.1, 0.15) is 65.2 Å². The fourth-order valence-electron chi connectivity index (χ4n) is 7.23. The molecule has 0 saturated heterocycles. The fourth-order valence-corrected chi connectivity index (χ4v) is 8.49. The molecule has 2 N–H and O–H groups in total. The number of hydrogen-bond acceptors (Lipinski definition) is 5. The first-order valence-corrected chi connectivity index (χ1v) is 13.5. The lowest BCUT2D eigenvalue weighted by Crippen LogP contribution is -2.48. The highest BCUT2D eigenvalue weighted by atomic mass is 33.1. The highest BCUT2D eigenvalue weighted by molar-refractivity contribution is 8.70. The van der Waals surface area contributed by atoms with Gasteiger partial charge in [-0.05, 0) is 87.4 Å². The van der Waals surface area contributed by atoms with Crippen LogP contribution < -0.4 is 0 Å². The summed E-state index contributed by atoms with van der Waals surface area (Å²) >= 11 is 0. The lowest BCUT2D eigenvalue weighted by atomic mass is 9.51. The van der Waals surface area contributed by atoms with Crippen molar-refractivity contribution >= 4 is 25.7 Å². The van der Waals surface area contributed by atoms with Gasteiger partial charge in [0.1, 0.15) is 5.78 Å². The van der Waals surface area contributed by atoms with Crippen molar-refractivity contribution in [1.29, 1.82) is 0 Å². The molecule has 4 rings (SSSR count). The van der Waals surface area contributed by atoms with Gasteiger partial charge in [-0.3, -0.25) is 9.35 Å². The molecule has 5 nitrogen and oxygen atoms in total. The second-order valence-electron chi connectivity index (χ2n) is 10.1. The Labute approximate surface area is 171 Å². The molecule has 28 heavy (non-hydrogen) atoms. The number of rotatable bonds is 4. The van der Waals surface area contributed by atoms with E-state index in [1.165, 1.54) is 5.57 Å². The average molecular weight is 429 g/mol. The number of carbonyl (C=O) groups is 1. The summed E-state index contributed by atoms with van der Waals surface area (Å²) in [6.07, 6.45) is 10.2. The Morgan fingerprint density at radius 2 is 1.93 bits per heavy atom. The van der Waals surface area contributed by atoms with E-state index in [2.05, 4.69) is 13.0 Å². The Kier molecular flexibility index (Phi) is 5.30. The molecule has 0 heterocycles. The zero-order chi connectivity index (χ0) is 20.3. The SMILES string of the molecule is C[C@@]1(O)CC[C@H]2C(=CC[C@@H]3[C@@H]2CC[C@]2(C)[C@@H](C(=O)CSS(=O)(=O)O)CC[C@@H]32)C1. The van der Waals surface area contributed by atoms with Crippen LogP contribution in [0.4, 0.5) is 0 Å². The van der Waals surface area contributed by atoms with Crippen LogP contribution in [0.15, 0.2) is 11.6 Å². The summed E-state index contributed by atoms with van der Waals surface area (Å²) in [5.74, 6) is 2.10. The van der Waals surface area contributed by atoms with Crippen molar-refractivity contribution in [3.8, 4) is 0 Å². The van der Waals surface area contributed by atoms with Crippen molar-refractivity contribution in [3.05, 3.63) is 11.6 Å². The van der Waals surface area contributed by atoms with Crippen LogP contribution in [-0.2, 0) is 13.9 Å². The minimum atomic E-state index is -4.17. The van der Waals surface area contributed by atoms with Gasteiger partial charge in [0.05, 0.1) is 11.4 Å². The zero-order valence-electron chi connectivity index (χ0n) is 16.8. The van der Waals surface area contributed by atoms with E-state index in [0.29, 0.717) is 34.5 Å². The van der Waals surface area contributed by atoms with E-state index < -0.39 is 14.8 Å². The number of hydrogen-bond donors (Lipinski definition) is 2. The summed E-state index contributed by atoms with van der Waals surface area (Å²) in [6, 6.07) is 0. The zero-order valence-corrected chi connectivity index (χ0v) is 18.4. The minimum Gasteiger partial charge on any atom is -0.390 e. The van der Waals surface area contributed by atoms with Gasteiger partial charge in [-0.15, -0.1) is 0 Å². The molecule has 0 amide bonds. The smallest absolute Gasteiger partial charge is 0.320 e. The molecule has 7 atom stereocenters. The van der Waals surface area contributed by atoms with Gasteiger partial charge < -0.3 is 5.11 Å². The van der Waals surface area contributed by atoms with Gasteiger partial charge in [0.2, 0.25) is 0 Å². The maximum atomic E-state index is 12.8. The maximum absolute atomic E-state index is 12.8.